The van der Waals surface area contributed by atoms with E-state index in [1.807, 2.05) is 0 Å². The average molecular weight is 361 g/mol. The van der Waals surface area contributed by atoms with Crippen molar-refractivity contribution in [2.45, 2.75) is 24.5 Å². The highest BCUT2D eigenvalue weighted by atomic mass is 32.1. The predicted molar refractivity (Wildman–Crippen MR) is 89.5 cm³/mol. The molecule has 0 unspecified atom stereocenters. The average Bonchev–Trinajstić information content (AvgIpc) is 3.02. The maximum Gasteiger partial charge on any atom is 0.327 e. The Morgan fingerprint density at radius 3 is 2.30 bits per heavy atom. The fourth-order valence-corrected chi connectivity index (χ4v) is 2.16. The van der Waals surface area contributed by atoms with Gasteiger partial charge in [-0.3, -0.25) is 9.59 Å². The van der Waals surface area contributed by atoms with Gasteiger partial charge in [-0.25, -0.2) is 9.78 Å². The molecule has 0 saturated heterocycles. The first-order valence-electron chi connectivity index (χ1n) is 6.67. The normalized spacial score (nSPS) is 14.6. The number of nitrogens with zero attached hydrogens (tertiary/aromatic N) is 1. The smallest absolute Gasteiger partial charge is 0.327 e. The number of aliphatic carboxylic acids is 1. The molecule has 1 aromatic rings. The number of carboxylic acid groups (broad SMARTS) is 1. The van der Waals surface area contributed by atoms with Crippen LogP contribution in [0.3, 0.4) is 0 Å². The van der Waals surface area contributed by atoms with Crippen molar-refractivity contribution in [3.63, 3.8) is 0 Å². The van der Waals surface area contributed by atoms with Gasteiger partial charge in [-0.15, -0.1) is 0 Å². The van der Waals surface area contributed by atoms with Gasteiger partial charge in [0.05, 0.1) is 18.1 Å². The first-order valence-corrected chi connectivity index (χ1v) is 7.94. The number of rotatable bonds is 9. The molecule has 3 atom stereocenters. The summed E-state index contributed by atoms with van der Waals surface area (Å²) >= 11 is 7.84. The van der Waals surface area contributed by atoms with Crippen LogP contribution >= 0.6 is 25.3 Å². The summed E-state index contributed by atoms with van der Waals surface area (Å²) in [5.41, 5.74) is 6.37. The molecule has 0 saturated carbocycles. The van der Waals surface area contributed by atoms with Crippen molar-refractivity contribution in [1.29, 1.82) is 0 Å². The lowest BCUT2D eigenvalue weighted by Gasteiger charge is -2.20. The van der Waals surface area contributed by atoms with Gasteiger partial charge in [0.25, 0.3) is 0 Å². The molecule has 1 rings (SSSR count). The number of carbonyl (C=O) groups is 3. The topological polar surface area (TPSA) is 150 Å². The number of aromatic nitrogens is 2. The standard InChI is InChI=1S/C12H19N5O4S2/c13-7(1-6-2-14-5-15-6)10(18)16-8(3-22)11(19)17-9(4-23)12(20)21/h2,5,7-9,22-23H,1,3-4,13H2,(H,14,15)(H,16,18)(H,17,19)(H,20,21)/t7-,8-,9-/m0/s1. The summed E-state index contributed by atoms with van der Waals surface area (Å²) in [5, 5.41) is 13.6. The van der Waals surface area contributed by atoms with Gasteiger partial charge in [0.15, 0.2) is 0 Å². The number of amides is 2. The van der Waals surface area contributed by atoms with Crippen LogP contribution in [0.2, 0.25) is 0 Å². The zero-order valence-corrected chi connectivity index (χ0v) is 13.9. The van der Waals surface area contributed by atoms with Crippen molar-refractivity contribution in [2.24, 2.45) is 5.73 Å². The minimum Gasteiger partial charge on any atom is -0.480 e. The van der Waals surface area contributed by atoms with Crippen molar-refractivity contribution in [1.82, 2.24) is 20.6 Å². The van der Waals surface area contributed by atoms with E-state index in [1.54, 1.807) is 6.20 Å². The third-order valence-corrected chi connectivity index (χ3v) is 3.66. The predicted octanol–water partition coefficient (Wildman–Crippen LogP) is -1.81. The van der Waals surface area contributed by atoms with E-state index in [4.69, 9.17) is 10.8 Å². The number of thiol groups is 2. The lowest BCUT2D eigenvalue weighted by molar-refractivity contribution is -0.141. The summed E-state index contributed by atoms with van der Waals surface area (Å²) in [6.07, 6.45) is 3.28. The molecule has 1 aromatic heterocycles. The summed E-state index contributed by atoms with van der Waals surface area (Å²) in [6, 6.07) is -3.05. The van der Waals surface area contributed by atoms with Crippen LogP contribution in [0.25, 0.3) is 0 Å². The van der Waals surface area contributed by atoms with E-state index < -0.39 is 35.9 Å². The van der Waals surface area contributed by atoms with E-state index in [9.17, 15) is 14.4 Å². The van der Waals surface area contributed by atoms with Crippen LogP contribution in [0.15, 0.2) is 12.5 Å². The summed E-state index contributed by atoms with van der Waals surface area (Å²) < 4.78 is 0. The Morgan fingerprint density at radius 1 is 1.22 bits per heavy atom. The zero-order valence-electron chi connectivity index (χ0n) is 12.1. The quantitative estimate of drug-likeness (QED) is 0.258. The highest BCUT2D eigenvalue weighted by Crippen LogP contribution is 1.99. The third-order valence-electron chi connectivity index (χ3n) is 2.93. The molecule has 0 aliphatic rings. The van der Waals surface area contributed by atoms with Gasteiger partial charge in [-0.05, 0) is 0 Å². The number of carboxylic acids is 1. The number of hydrogen-bond acceptors (Lipinski definition) is 7. The van der Waals surface area contributed by atoms with E-state index in [-0.39, 0.29) is 17.9 Å². The molecule has 0 fully saturated rings. The van der Waals surface area contributed by atoms with E-state index in [2.05, 4.69) is 45.9 Å². The van der Waals surface area contributed by atoms with Gasteiger partial charge in [-0.1, -0.05) is 0 Å². The molecule has 2 amide bonds. The van der Waals surface area contributed by atoms with Crippen molar-refractivity contribution in [3.05, 3.63) is 18.2 Å². The largest absolute Gasteiger partial charge is 0.480 e. The van der Waals surface area contributed by atoms with Crippen LogP contribution < -0.4 is 16.4 Å². The fraction of sp³-hybridized carbons (Fsp3) is 0.500. The lowest BCUT2D eigenvalue weighted by atomic mass is 10.1. The second kappa shape index (κ2) is 9.43. The first kappa shape index (κ1) is 19.3. The molecule has 0 spiro atoms. The molecule has 0 aliphatic carbocycles. The van der Waals surface area contributed by atoms with Gasteiger partial charge >= 0.3 is 5.97 Å². The van der Waals surface area contributed by atoms with Gasteiger partial charge in [-0.2, -0.15) is 25.3 Å². The SMILES string of the molecule is N[C@@H](Cc1c[nH]cn1)C(=O)N[C@@H](CS)C(=O)N[C@@H](CS)C(=O)O. The van der Waals surface area contributed by atoms with Crippen molar-refractivity contribution >= 4 is 43.0 Å². The molecule has 9 nitrogen and oxygen atoms in total. The van der Waals surface area contributed by atoms with E-state index in [0.29, 0.717) is 5.69 Å². The van der Waals surface area contributed by atoms with Crippen molar-refractivity contribution in [3.8, 4) is 0 Å². The minimum atomic E-state index is -1.21. The Hall–Kier alpha value is -1.72. The Labute approximate surface area is 143 Å². The highest BCUT2D eigenvalue weighted by molar-refractivity contribution is 7.80. The summed E-state index contributed by atoms with van der Waals surface area (Å²) in [6.45, 7) is 0. The van der Waals surface area contributed by atoms with E-state index in [0.717, 1.165) is 0 Å². The molecule has 23 heavy (non-hydrogen) atoms. The van der Waals surface area contributed by atoms with Gasteiger partial charge in [0, 0.05) is 24.1 Å². The zero-order chi connectivity index (χ0) is 17.4. The lowest BCUT2D eigenvalue weighted by Crippen LogP contribution is -2.55. The molecule has 11 heteroatoms. The van der Waals surface area contributed by atoms with Crippen molar-refractivity contribution in [2.75, 3.05) is 11.5 Å². The number of carbonyl (C=O) groups excluding carboxylic acids is 2. The first-order chi connectivity index (χ1) is 10.9. The van der Waals surface area contributed by atoms with Crippen LogP contribution in [0, 0.1) is 0 Å². The fourth-order valence-electron chi connectivity index (χ4n) is 1.65. The number of aromatic amines is 1. The van der Waals surface area contributed by atoms with Crippen LogP contribution in [-0.4, -0.2) is 62.5 Å². The molecular formula is C12H19N5O4S2. The Kier molecular flexibility index (Phi) is 7.92. The van der Waals surface area contributed by atoms with Gasteiger partial charge in [0.2, 0.25) is 11.8 Å². The number of imidazole rings is 1. The van der Waals surface area contributed by atoms with E-state index >= 15 is 0 Å². The second-order valence-corrected chi connectivity index (χ2v) is 5.43. The highest BCUT2D eigenvalue weighted by Gasteiger charge is 2.26. The molecule has 6 N–H and O–H groups in total. The van der Waals surface area contributed by atoms with Gasteiger partial charge < -0.3 is 26.5 Å². The van der Waals surface area contributed by atoms with Crippen molar-refractivity contribution < 1.29 is 19.5 Å². The van der Waals surface area contributed by atoms with Crippen LogP contribution in [0.4, 0.5) is 0 Å². The Balaban J connectivity index is 2.58. The number of nitrogens with one attached hydrogen (secondary N) is 3. The molecule has 0 aliphatic heterocycles. The monoisotopic (exact) mass is 361 g/mol. The summed E-state index contributed by atoms with van der Waals surface area (Å²) in [4.78, 5) is 41.6. The van der Waals surface area contributed by atoms with Crippen LogP contribution in [-0.2, 0) is 20.8 Å². The second-order valence-electron chi connectivity index (χ2n) is 4.70. The number of hydrogen-bond donors (Lipinski definition) is 7. The maximum atomic E-state index is 12.0. The summed E-state index contributed by atoms with van der Waals surface area (Å²) in [5.74, 6) is -2.52. The minimum absolute atomic E-state index is 0.00832. The Bertz CT molecular complexity index is 540. The molecule has 1 heterocycles. The van der Waals surface area contributed by atoms with Crippen LogP contribution in [0.5, 0.6) is 0 Å². The number of H-pyrrole nitrogens is 1. The molecule has 0 bridgehead atoms. The molecule has 0 radical (unpaired) electrons. The molecule has 0 aromatic carbocycles. The maximum absolute atomic E-state index is 12.0. The van der Waals surface area contributed by atoms with Crippen LogP contribution in [0.1, 0.15) is 5.69 Å². The number of nitrogens with two attached hydrogens (primary N) is 1. The summed E-state index contributed by atoms with van der Waals surface area (Å²) in [7, 11) is 0. The third kappa shape index (κ3) is 6.12. The van der Waals surface area contributed by atoms with Gasteiger partial charge in [0.1, 0.15) is 12.1 Å². The Morgan fingerprint density at radius 2 is 1.83 bits per heavy atom. The molecular weight excluding hydrogens is 342 g/mol. The van der Waals surface area contributed by atoms with E-state index in [1.165, 1.54) is 6.33 Å². The molecule has 128 valence electrons.